The van der Waals surface area contributed by atoms with E-state index < -0.39 is 17.6 Å². The molecule has 4 rings (SSSR count). The zero-order valence-electron chi connectivity index (χ0n) is 17.9. The van der Waals surface area contributed by atoms with E-state index in [2.05, 4.69) is 10.4 Å². The molecule has 174 valence electrons. The van der Waals surface area contributed by atoms with E-state index in [9.17, 15) is 18.0 Å². The number of hydrogen-bond donors (Lipinski definition) is 1. The minimum absolute atomic E-state index is 0.0803. The lowest BCUT2D eigenvalue weighted by atomic mass is 10.1. The second kappa shape index (κ2) is 9.61. The van der Waals surface area contributed by atoms with Crippen molar-refractivity contribution in [2.45, 2.75) is 12.7 Å². The number of nitrogens with one attached hydrogen (secondary N) is 1. The summed E-state index contributed by atoms with van der Waals surface area (Å²) in [4.78, 5) is 13.1. The van der Waals surface area contributed by atoms with Crippen LogP contribution in [0.3, 0.4) is 0 Å². The van der Waals surface area contributed by atoms with E-state index in [-0.39, 0.29) is 12.2 Å². The molecule has 0 spiro atoms. The molecule has 3 aromatic carbocycles. The average Bonchev–Trinajstić information content (AvgIpc) is 3.28. The van der Waals surface area contributed by atoms with Gasteiger partial charge in [-0.3, -0.25) is 4.79 Å². The third-order valence-electron chi connectivity index (χ3n) is 5.09. The Morgan fingerprint density at radius 3 is 2.47 bits per heavy atom. The Morgan fingerprint density at radius 2 is 1.76 bits per heavy atom. The Kier molecular flexibility index (Phi) is 6.61. The van der Waals surface area contributed by atoms with Crippen LogP contribution in [0, 0.1) is 0 Å². The predicted octanol–water partition coefficient (Wildman–Crippen LogP) is 6.15. The standard InChI is InChI=1S/C25H19ClF3N3O2/c1-34-21-7-3-5-17(13-21)22-14-23(32(31-22)20-10-8-19(26)9-11-20)24(33)30-15-16-4-2-6-18(12-16)25(27,28)29/h2-14H,15H2,1H3,(H,30,33). The fourth-order valence-electron chi connectivity index (χ4n) is 3.38. The summed E-state index contributed by atoms with van der Waals surface area (Å²) in [6, 6.07) is 20.5. The van der Waals surface area contributed by atoms with Gasteiger partial charge >= 0.3 is 6.18 Å². The van der Waals surface area contributed by atoms with Crippen LogP contribution in [0.2, 0.25) is 5.02 Å². The van der Waals surface area contributed by atoms with Crippen LogP contribution < -0.4 is 10.1 Å². The molecule has 5 nitrogen and oxygen atoms in total. The Morgan fingerprint density at radius 1 is 1.03 bits per heavy atom. The summed E-state index contributed by atoms with van der Waals surface area (Å²) in [5, 5.41) is 7.80. The average molecular weight is 486 g/mol. The molecule has 0 saturated carbocycles. The molecular formula is C25H19ClF3N3O2. The zero-order chi connectivity index (χ0) is 24.3. The first-order valence-electron chi connectivity index (χ1n) is 10.2. The van der Waals surface area contributed by atoms with Gasteiger partial charge < -0.3 is 10.1 Å². The number of rotatable bonds is 6. The van der Waals surface area contributed by atoms with Crippen molar-refractivity contribution in [1.29, 1.82) is 0 Å². The predicted molar refractivity (Wildman–Crippen MR) is 123 cm³/mol. The second-order valence-electron chi connectivity index (χ2n) is 7.42. The van der Waals surface area contributed by atoms with Crippen LogP contribution in [0.25, 0.3) is 16.9 Å². The van der Waals surface area contributed by atoms with E-state index in [1.165, 1.54) is 16.8 Å². The summed E-state index contributed by atoms with van der Waals surface area (Å²) in [6.45, 7) is -0.0803. The Hall–Kier alpha value is -3.78. The van der Waals surface area contributed by atoms with Crippen molar-refractivity contribution in [3.8, 4) is 22.7 Å². The number of carbonyl (C=O) groups is 1. The number of halogens is 4. The maximum atomic E-state index is 13.1. The van der Waals surface area contributed by atoms with Crippen LogP contribution in [0.5, 0.6) is 5.75 Å². The number of carbonyl (C=O) groups excluding carboxylic acids is 1. The number of alkyl halides is 3. The Bertz CT molecular complexity index is 1320. The van der Waals surface area contributed by atoms with Crippen LogP contribution in [0.15, 0.2) is 78.9 Å². The quantitative estimate of drug-likeness (QED) is 0.356. The SMILES string of the molecule is COc1cccc(-c2cc(C(=O)NCc3cccc(C(F)(F)F)c3)n(-c3ccc(Cl)cc3)n2)c1. The highest BCUT2D eigenvalue weighted by Gasteiger charge is 2.30. The lowest BCUT2D eigenvalue weighted by Crippen LogP contribution is -2.25. The summed E-state index contributed by atoms with van der Waals surface area (Å²) in [5.41, 5.74) is 1.63. The molecule has 0 bridgehead atoms. The first kappa shape index (κ1) is 23.4. The largest absolute Gasteiger partial charge is 0.497 e. The highest BCUT2D eigenvalue weighted by atomic mass is 35.5. The number of aromatic nitrogens is 2. The van der Waals surface area contributed by atoms with Gasteiger partial charge in [0.05, 0.1) is 24.1 Å². The smallest absolute Gasteiger partial charge is 0.416 e. The minimum atomic E-state index is -4.46. The number of benzene rings is 3. The summed E-state index contributed by atoms with van der Waals surface area (Å²) in [5.74, 6) is 0.142. The van der Waals surface area contributed by atoms with Gasteiger partial charge in [-0.1, -0.05) is 35.9 Å². The summed E-state index contributed by atoms with van der Waals surface area (Å²) in [7, 11) is 1.55. The van der Waals surface area contributed by atoms with Crippen LogP contribution >= 0.6 is 11.6 Å². The lowest BCUT2D eigenvalue weighted by molar-refractivity contribution is -0.137. The first-order chi connectivity index (χ1) is 16.2. The highest BCUT2D eigenvalue weighted by molar-refractivity contribution is 6.30. The first-order valence-corrected chi connectivity index (χ1v) is 10.6. The molecule has 1 N–H and O–H groups in total. The summed E-state index contributed by atoms with van der Waals surface area (Å²) in [6.07, 6.45) is -4.46. The fourth-order valence-corrected chi connectivity index (χ4v) is 3.50. The molecular weight excluding hydrogens is 467 g/mol. The third kappa shape index (κ3) is 5.23. The van der Waals surface area contributed by atoms with Crippen LogP contribution in [-0.4, -0.2) is 22.8 Å². The van der Waals surface area contributed by atoms with Gasteiger partial charge in [-0.05, 0) is 60.2 Å². The molecule has 0 fully saturated rings. The van der Waals surface area contributed by atoms with Gasteiger partial charge in [-0.25, -0.2) is 4.68 Å². The Labute approximate surface area is 198 Å². The van der Waals surface area contributed by atoms with E-state index in [1.807, 2.05) is 12.1 Å². The fraction of sp³-hybridized carbons (Fsp3) is 0.120. The number of amides is 1. The summed E-state index contributed by atoms with van der Waals surface area (Å²) < 4.78 is 45.7. The van der Waals surface area contributed by atoms with Gasteiger partial charge in [0.2, 0.25) is 0 Å². The number of methoxy groups -OCH3 is 1. The molecule has 0 aliphatic rings. The van der Waals surface area contributed by atoms with Crippen molar-refractivity contribution in [3.63, 3.8) is 0 Å². The molecule has 1 heterocycles. The maximum Gasteiger partial charge on any atom is 0.416 e. The van der Waals surface area contributed by atoms with Gasteiger partial charge in [-0.2, -0.15) is 18.3 Å². The van der Waals surface area contributed by atoms with Crippen LogP contribution in [0.1, 0.15) is 21.6 Å². The zero-order valence-corrected chi connectivity index (χ0v) is 18.7. The van der Waals surface area contributed by atoms with E-state index >= 15 is 0 Å². The maximum absolute atomic E-state index is 13.1. The minimum Gasteiger partial charge on any atom is -0.497 e. The van der Waals surface area contributed by atoms with E-state index in [1.54, 1.807) is 49.6 Å². The van der Waals surface area contributed by atoms with Gasteiger partial charge in [0.1, 0.15) is 11.4 Å². The molecule has 1 aromatic heterocycles. The molecule has 1 amide bonds. The van der Waals surface area contributed by atoms with Crippen LogP contribution in [-0.2, 0) is 12.7 Å². The third-order valence-corrected chi connectivity index (χ3v) is 5.34. The van der Waals surface area contributed by atoms with E-state index in [0.29, 0.717) is 27.7 Å². The molecule has 34 heavy (non-hydrogen) atoms. The number of nitrogens with zero attached hydrogens (tertiary/aromatic N) is 2. The lowest BCUT2D eigenvalue weighted by Gasteiger charge is -2.11. The van der Waals surface area contributed by atoms with Crippen molar-refractivity contribution >= 4 is 17.5 Å². The normalized spacial score (nSPS) is 11.3. The Balaban J connectivity index is 1.66. The molecule has 0 aliphatic carbocycles. The summed E-state index contributed by atoms with van der Waals surface area (Å²) >= 11 is 6.00. The van der Waals surface area contributed by atoms with Gasteiger partial charge in [0.15, 0.2) is 0 Å². The number of hydrogen-bond acceptors (Lipinski definition) is 3. The van der Waals surface area contributed by atoms with Crippen molar-refractivity contribution in [2.24, 2.45) is 0 Å². The van der Waals surface area contributed by atoms with Gasteiger partial charge in [-0.15, -0.1) is 0 Å². The molecule has 0 unspecified atom stereocenters. The number of ether oxygens (including phenoxy) is 1. The molecule has 4 aromatic rings. The van der Waals surface area contributed by atoms with E-state index in [4.69, 9.17) is 16.3 Å². The van der Waals surface area contributed by atoms with Gasteiger partial charge in [0, 0.05) is 17.1 Å². The molecule has 0 saturated heterocycles. The van der Waals surface area contributed by atoms with Gasteiger partial charge in [0.25, 0.3) is 5.91 Å². The molecule has 0 aliphatic heterocycles. The molecule has 0 atom stereocenters. The molecule has 0 radical (unpaired) electrons. The van der Waals surface area contributed by atoms with Crippen molar-refractivity contribution < 1.29 is 22.7 Å². The van der Waals surface area contributed by atoms with Crippen molar-refractivity contribution in [1.82, 2.24) is 15.1 Å². The van der Waals surface area contributed by atoms with Crippen LogP contribution in [0.4, 0.5) is 13.2 Å². The van der Waals surface area contributed by atoms with E-state index in [0.717, 1.165) is 17.7 Å². The topological polar surface area (TPSA) is 56.1 Å². The van der Waals surface area contributed by atoms with Crippen molar-refractivity contribution in [2.75, 3.05) is 7.11 Å². The van der Waals surface area contributed by atoms with Crippen molar-refractivity contribution in [3.05, 3.63) is 101 Å². The second-order valence-corrected chi connectivity index (χ2v) is 7.85. The highest BCUT2D eigenvalue weighted by Crippen LogP contribution is 2.30. The molecule has 9 heteroatoms. The monoisotopic (exact) mass is 485 g/mol.